The lowest BCUT2D eigenvalue weighted by atomic mass is 10.1. The van der Waals surface area contributed by atoms with Gasteiger partial charge in [-0.3, -0.25) is 4.90 Å². The molecule has 0 atom stereocenters. The molecule has 0 radical (unpaired) electrons. The highest BCUT2D eigenvalue weighted by molar-refractivity contribution is 5.33. The summed E-state index contributed by atoms with van der Waals surface area (Å²) in [5, 5.41) is 8.76. The van der Waals surface area contributed by atoms with Gasteiger partial charge in [0.1, 0.15) is 5.82 Å². The molecule has 0 amide bonds. The topological polar surface area (TPSA) is 27.0 Å². The second-order valence-electron chi connectivity index (χ2n) is 3.79. The maximum atomic E-state index is 13.5. The van der Waals surface area contributed by atoms with Gasteiger partial charge in [0, 0.05) is 12.1 Å². The summed E-state index contributed by atoms with van der Waals surface area (Å²) in [5.74, 6) is -0.228. The average molecular weight is 220 g/mol. The Hall–Kier alpha value is -1.40. The Morgan fingerprint density at radius 3 is 2.69 bits per heavy atom. The van der Waals surface area contributed by atoms with E-state index in [2.05, 4.69) is 18.7 Å². The Morgan fingerprint density at radius 1 is 1.38 bits per heavy atom. The molecule has 0 aromatic heterocycles. The van der Waals surface area contributed by atoms with Crippen LogP contribution in [0.5, 0.6) is 0 Å². The van der Waals surface area contributed by atoms with Crippen molar-refractivity contribution >= 4 is 0 Å². The number of hydrogen-bond donors (Lipinski definition) is 0. The van der Waals surface area contributed by atoms with Crippen LogP contribution in [0.25, 0.3) is 0 Å². The molecule has 0 saturated carbocycles. The third kappa shape index (κ3) is 3.32. The van der Waals surface area contributed by atoms with Gasteiger partial charge in [-0.15, -0.1) is 0 Å². The molecule has 3 heteroatoms. The molecular weight excluding hydrogens is 203 g/mol. The third-order valence-corrected chi connectivity index (χ3v) is 2.56. The van der Waals surface area contributed by atoms with Gasteiger partial charge in [-0.25, -0.2) is 4.39 Å². The van der Waals surface area contributed by atoms with Gasteiger partial charge in [0.25, 0.3) is 0 Å². The number of benzene rings is 1. The standard InChI is InChI=1S/C13H17FN2/c1-3-7-16(4-2)10-12-8-11(9-15)5-6-13(12)14/h5-6,8H,3-4,7,10H2,1-2H3. The van der Waals surface area contributed by atoms with Crippen LogP contribution in [0.15, 0.2) is 18.2 Å². The maximum absolute atomic E-state index is 13.5. The minimum Gasteiger partial charge on any atom is -0.299 e. The lowest BCUT2D eigenvalue weighted by Crippen LogP contribution is -2.24. The fourth-order valence-electron chi connectivity index (χ4n) is 1.67. The quantitative estimate of drug-likeness (QED) is 0.762. The van der Waals surface area contributed by atoms with E-state index < -0.39 is 0 Å². The second-order valence-corrected chi connectivity index (χ2v) is 3.79. The molecule has 0 aliphatic rings. The van der Waals surface area contributed by atoms with Crippen LogP contribution >= 0.6 is 0 Å². The Labute approximate surface area is 96.3 Å². The van der Waals surface area contributed by atoms with Crippen LogP contribution < -0.4 is 0 Å². The summed E-state index contributed by atoms with van der Waals surface area (Å²) in [6.07, 6.45) is 1.05. The van der Waals surface area contributed by atoms with Crippen molar-refractivity contribution in [3.05, 3.63) is 35.1 Å². The van der Waals surface area contributed by atoms with Crippen molar-refractivity contribution in [3.8, 4) is 6.07 Å². The molecule has 86 valence electrons. The predicted molar refractivity (Wildman–Crippen MR) is 62.4 cm³/mol. The minimum atomic E-state index is -0.228. The van der Waals surface area contributed by atoms with Gasteiger partial charge in [-0.1, -0.05) is 13.8 Å². The average Bonchev–Trinajstić information content (AvgIpc) is 2.31. The molecule has 0 fully saturated rings. The van der Waals surface area contributed by atoms with E-state index in [0.29, 0.717) is 17.7 Å². The number of nitrogens with zero attached hydrogens (tertiary/aromatic N) is 2. The number of nitriles is 1. The number of halogens is 1. The highest BCUT2D eigenvalue weighted by Crippen LogP contribution is 2.12. The first-order chi connectivity index (χ1) is 7.71. The van der Waals surface area contributed by atoms with Crippen molar-refractivity contribution in [1.29, 1.82) is 5.26 Å². The fourth-order valence-corrected chi connectivity index (χ4v) is 1.67. The summed E-state index contributed by atoms with van der Waals surface area (Å²) in [7, 11) is 0. The highest BCUT2D eigenvalue weighted by atomic mass is 19.1. The summed E-state index contributed by atoms with van der Waals surface area (Å²) >= 11 is 0. The summed E-state index contributed by atoms with van der Waals surface area (Å²) in [6, 6.07) is 6.54. The van der Waals surface area contributed by atoms with E-state index in [4.69, 9.17) is 5.26 Å². The van der Waals surface area contributed by atoms with Crippen molar-refractivity contribution in [1.82, 2.24) is 4.90 Å². The predicted octanol–water partition coefficient (Wildman–Crippen LogP) is 2.93. The van der Waals surface area contributed by atoms with Crippen molar-refractivity contribution in [2.24, 2.45) is 0 Å². The molecule has 16 heavy (non-hydrogen) atoms. The summed E-state index contributed by atoms with van der Waals surface area (Å²) in [4.78, 5) is 2.17. The molecule has 0 N–H and O–H groups in total. The van der Waals surface area contributed by atoms with Crippen LogP contribution in [0.4, 0.5) is 4.39 Å². The van der Waals surface area contributed by atoms with Crippen molar-refractivity contribution < 1.29 is 4.39 Å². The van der Waals surface area contributed by atoms with Gasteiger partial charge in [0.2, 0.25) is 0 Å². The molecule has 2 nitrogen and oxygen atoms in total. The molecule has 0 bridgehead atoms. The van der Waals surface area contributed by atoms with Gasteiger partial charge in [-0.05, 0) is 37.7 Å². The molecule has 1 aromatic carbocycles. The third-order valence-electron chi connectivity index (χ3n) is 2.56. The molecule has 1 rings (SSSR count). The van der Waals surface area contributed by atoms with E-state index in [9.17, 15) is 4.39 Å². The van der Waals surface area contributed by atoms with Crippen molar-refractivity contribution in [2.75, 3.05) is 13.1 Å². The van der Waals surface area contributed by atoms with Crippen LogP contribution in [-0.4, -0.2) is 18.0 Å². The van der Waals surface area contributed by atoms with Crippen molar-refractivity contribution in [3.63, 3.8) is 0 Å². The van der Waals surface area contributed by atoms with Gasteiger partial charge >= 0.3 is 0 Å². The Morgan fingerprint density at radius 2 is 2.12 bits per heavy atom. The Bertz CT molecular complexity index is 382. The van der Waals surface area contributed by atoms with Gasteiger partial charge in [0.15, 0.2) is 0 Å². The van der Waals surface area contributed by atoms with Crippen LogP contribution in [0.3, 0.4) is 0 Å². The molecule has 0 aliphatic carbocycles. The van der Waals surface area contributed by atoms with Crippen molar-refractivity contribution in [2.45, 2.75) is 26.8 Å². The van der Waals surface area contributed by atoms with E-state index in [1.807, 2.05) is 6.07 Å². The first kappa shape index (κ1) is 12.7. The minimum absolute atomic E-state index is 0.228. The first-order valence-electron chi connectivity index (χ1n) is 5.62. The van der Waals surface area contributed by atoms with E-state index >= 15 is 0 Å². The fraction of sp³-hybridized carbons (Fsp3) is 0.462. The molecule has 0 aliphatic heterocycles. The number of hydrogen-bond acceptors (Lipinski definition) is 2. The van der Waals surface area contributed by atoms with Crippen LogP contribution in [0.2, 0.25) is 0 Å². The van der Waals surface area contributed by atoms with Crippen LogP contribution in [0, 0.1) is 17.1 Å². The lowest BCUT2D eigenvalue weighted by Gasteiger charge is -2.19. The Kier molecular flexibility index (Phi) is 4.94. The van der Waals surface area contributed by atoms with E-state index in [1.165, 1.54) is 12.1 Å². The molecule has 1 aromatic rings. The molecule has 0 unspecified atom stereocenters. The maximum Gasteiger partial charge on any atom is 0.127 e. The summed E-state index contributed by atoms with van der Waals surface area (Å²) in [6.45, 7) is 6.58. The smallest absolute Gasteiger partial charge is 0.127 e. The zero-order valence-corrected chi connectivity index (χ0v) is 9.83. The van der Waals surface area contributed by atoms with Gasteiger partial charge in [0.05, 0.1) is 11.6 Å². The molecular formula is C13H17FN2. The largest absolute Gasteiger partial charge is 0.299 e. The SMILES string of the molecule is CCCN(CC)Cc1cc(C#N)ccc1F. The lowest BCUT2D eigenvalue weighted by molar-refractivity contribution is 0.276. The summed E-state index contributed by atoms with van der Waals surface area (Å²) < 4.78 is 13.5. The molecule has 0 saturated heterocycles. The van der Waals surface area contributed by atoms with Gasteiger partial charge < -0.3 is 0 Å². The van der Waals surface area contributed by atoms with E-state index in [0.717, 1.165) is 19.5 Å². The second kappa shape index (κ2) is 6.24. The zero-order valence-electron chi connectivity index (χ0n) is 9.83. The molecule has 0 heterocycles. The van der Waals surface area contributed by atoms with Crippen LogP contribution in [0.1, 0.15) is 31.4 Å². The number of rotatable bonds is 5. The summed E-state index contributed by atoms with van der Waals surface area (Å²) in [5.41, 5.74) is 1.12. The normalized spacial score (nSPS) is 10.4. The van der Waals surface area contributed by atoms with Gasteiger partial charge in [-0.2, -0.15) is 5.26 Å². The van der Waals surface area contributed by atoms with E-state index in [-0.39, 0.29) is 5.82 Å². The van der Waals surface area contributed by atoms with E-state index in [1.54, 1.807) is 6.07 Å². The monoisotopic (exact) mass is 220 g/mol. The molecule has 0 spiro atoms. The first-order valence-corrected chi connectivity index (χ1v) is 5.62. The highest BCUT2D eigenvalue weighted by Gasteiger charge is 2.08. The zero-order chi connectivity index (χ0) is 12.0. The van der Waals surface area contributed by atoms with Crippen LogP contribution in [-0.2, 0) is 6.54 Å². The Balaban J connectivity index is 2.82.